The van der Waals surface area contributed by atoms with E-state index in [1.807, 2.05) is 6.08 Å². The third-order valence-corrected chi connectivity index (χ3v) is 16.3. The van der Waals surface area contributed by atoms with Crippen LogP contribution >= 0.6 is 0 Å². The quantitative estimate of drug-likeness (QED) is 0.0222. The molecule has 3 heterocycles. The van der Waals surface area contributed by atoms with E-state index in [1.54, 1.807) is 6.08 Å². The third kappa shape index (κ3) is 29.0. The second-order valence-electron chi connectivity index (χ2n) is 23.2. The number of hydrogen-bond donors (Lipinski definition) is 12. The summed E-state index contributed by atoms with van der Waals surface area (Å²) in [5.74, 6) is -0.282. The summed E-state index contributed by atoms with van der Waals surface area (Å²) in [6.45, 7) is 1.72. The number of carbonyl (C=O) groups is 1. The molecule has 3 aliphatic rings. The zero-order valence-electron chi connectivity index (χ0n) is 49.8. The molecule has 0 spiro atoms. The molecule has 0 aliphatic carbocycles. The highest BCUT2D eigenvalue weighted by Gasteiger charge is 2.53. The number of ether oxygens (including phenoxy) is 6. The number of allylic oxidation sites excluding steroid dienone is 3. The Hall–Kier alpha value is -1.73. The zero-order chi connectivity index (χ0) is 59.0. The van der Waals surface area contributed by atoms with Gasteiger partial charge in [0.05, 0.1) is 38.6 Å². The minimum absolute atomic E-state index is 0.240. The molecule has 0 aromatic heterocycles. The lowest BCUT2D eigenvalue weighted by Gasteiger charge is -2.48. The summed E-state index contributed by atoms with van der Waals surface area (Å²) in [4.78, 5) is 13.4. The van der Waals surface area contributed by atoms with E-state index >= 15 is 0 Å². The SMILES string of the molecule is CCCCCCCCCCCCC/C=C/CC/C=C/C(O)C(COC1OC(CO)C(OC2OC(CO)C(OC3OC(CO)C(O)C(O)C3O)C(O)C2O)C(O)C1O)NC(=O)CCCCCCCCCCCCCCCCCCCCC. The first kappa shape index (κ1) is 73.5. The maximum Gasteiger partial charge on any atom is 0.220 e. The van der Waals surface area contributed by atoms with Crippen molar-refractivity contribution in [3.8, 4) is 0 Å². The van der Waals surface area contributed by atoms with Crippen molar-refractivity contribution in [1.29, 1.82) is 0 Å². The first-order valence-corrected chi connectivity index (χ1v) is 32.1. The molecule has 0 saturated carbocycles. The van der Waals surface area contributed by atoms with Crippen molar-refractivity contribution < 1.29 is 89.4 Å². The van der Waals surface area contributed by atoms with Crippen LogP contribution in [0.25, 0.3) is 0 Å². The molecule has 3 rings (SSSR count). The fourth-order valence-electron chi connectivity index (χ4n) is 11.0. The van der Waals surface area contributed by atoms with Gasteiger partial charge in [-0.3, -0.25) is 4.79 Å². The Balaban J connectivity index is 1.49. The van der Waals surface area contributed by atoms with Crippen LogP contribution in [0.4, 0.5) is 0 Å². The largest absolute Gasteiger partial charge is 0.394 e. The van der Waals surface area contributed by atoms with E-state index in [9.17, 15) is 61.0 Å². The summed E-state index contributed by atoms with van der Waals surface area (Å²) in [5.41, 5.74) is 0. The Morgan fingerprint density at radius 3 is 1.23 bits per heavy atom. The van der Waals surface area contributed by atoms with Crippen molar-refractivity contribution >= 4 is 5.91 Å². The first-order chi connectivity index (χ1) is 39.3. The lowest BCUT2D eigenvalue weighted by Crippen LogP contribution is -2.66. The fraction of sp³-hybridized carbons (Fsp3) is 0.919. The number of rotatable bonds is 48. The molecule has 12 N–H and O–H groups in total. The van der Waals surface area contributed by atoms with E-state index in [4.69, 9.17) is 28.4 Å². The Morgan fingerprint density at radius 2 is 0.790 bits per heavy atom. The van der Waals surface area contributed by atoms with Gasteiger partial charge in [0.15, 0.2) is 18.9 Å². The third-order valence-electron chi connectivity index (χ3n) is 16.3. The second-order valence-corrected chi connectivity index (χ2v) is 23.2. The van der Waals surface area contributed by atoms with E-state index in [1.165, 1.54) is 161 Å². The number of aliphatic hydroxyl groups is 11. The molecular weight excluding hydrogens is 1050 g/mol. The number of amides is 1. The molecule has 476 valence electrons. The Kier molecular flexibility index (Phi) is 41.4. The van der Waals surface area contributed by atoms with Crippen molar-refractivity contribution in [3.05, 3.63) is 24.3 Å². The smallest absolute Gasteiger partial charge is 0.220 e. The standard InChI is InChI=1S/C62H115NO18/c1-3-5-7-9-11-13-15-17-19-21-22-24-26-28-30-32-34-36-38-40-50(68)63-45(46(67)39-37-35-33-31-29-27-25-23-20-18-16-14-12-10-8-6-4-2)44-76-60-56(74)53(71)58(48(42-65)78-60)81-62-57(75)54(72)59(49(43-66)79-62)80-61-55(73)52(70)51(69)47(41-64)77-61/h29,31,37,39,45-49,51-62,64-67,69-75H,3-28,30,32-36,38,40-44H2,1-2H3,(H,63,68)/b31-29+,39-37+. The normalized spacial score (nSPS) is 29.9. The zero-order valence-corrected chi connectivity index (χ0v) is 49.8. The van der Waals surface area contributed by atoms with E-state index in [-0.39, 0.29) is 18.9 Å². The van der Waals surface area contributed by atoms with Crippen LogP contribution in [0.1, 0.15) is 232 Å². The molecule has 81 heavy (non-hydrogen) atoms. The van der Waals surface area contributed by atoms with Crippen LogP contribution in [-0.2, 0) is 33.2 Å². The summed E-state index contributed by atoms with van der Waals surface area (Å²) in [6, 6.07) is -0.985. The Morgan fingerprint density at radius 1 is 0.432 bits per heavy atom. The van der Waals surface area contributed by atoms with Gasteiger partial charge in [-0.2, -0.15) is 0 Å². The van der Waals surface area contributed by atoms with Crippen molar-refractivity contribution in [2.45, 2.75) is 336 Å². The van der Waals surface area contributed by atoms with Gasteiger partial charge < -0.3 is 89.9 Å². The average molecular weight is 1160 g/mol. The molecule has 0 radical (unpaired) electrons. The van der Waals surface area contributed by atoms with Crippen LogP contribution < -0.4 is 5.32 Å². The van der Waals surface area contributed by atoms with Gasteiger partial charge in [0.25, 0.3) is 0 Å². The van der Waals surface area contributed by atoms with Gasteiger partial charge in [0.2, 0.25) is 5.91 Å². The Labute approximate surface area is 486 Å². The molecule has 1 amide bonds. The maximum atomic E-state index is 13.4. The van der Waals surface area contributed by atoms with Crippen molar-refractivity contribution in [1.82, 2.24) is 5.32 Å². The predicted octanol–water partition coefficient (Wildman–Crippen LogP) is 6.71. The fourth-order valence-corrected chi connectivity index (χ4v) is 11.0. The minimum Gasteiger partial charge on any atom is -0.394 e. The van der Waals surface area contributed by atoms with Gasteiger partial charge in [-0.05, 0) is 32.1 Å². The second kappa shape index (κ2) is 45.6. The van der Waals surface area contributed by atoms with Crippen molar-refractivity contribution in [3.63, 3.8) is 0 Å². The number of hydrogen-bond acceptors (Lipinski definition) is 18. The van der Waals surface area contributed by atoms with Gasteiger partial charge in [-0.15, -0.1) is 0 Å². The van der Waals surface area contributed by atoms with Crippen LogP contribution in [0, 0.1) is 0 Å². The highest BCUT2D eigenvalue weighted by Crippen LogP contribution is 2.33. The summed E-state index contributed by atoms with van der Waals surface area (Å²) in [6.07, 6.45) is 21.5. The van der Waals surface area contributed by atoms with Crippen LogP contribution in [0.15, 0.2) is 24.3 Å². The van der Waals surface area contributed by atoms with Crippen molar-refractivity contribution in [2.75, 3.05) is 26.4 Å². The van der Waals surface area contributed by atoms with E-state index in [2.05, 4.69) is 31.3 Å². The van der Waals surface area contributed by atoms with E-state index in [0.29, 0.717) is 12.8 Å². The van der Waals surface area contributed by atoms with Gasteiger partial charge in [-0.25, -0.2) is 0 Å². The molecule has 0 bridgehead atoms. The average Bonchev–Trinajstić information content (AvgIpc) is 3.48. The molecule has 0 aromatic carbocycles. The first-order valence-electron chi connectivity index (χ1n) is 32.1. The van der Waals surface area contributed by atoms with Crippen molar-refractivity contribution in [2.24, 2.45) is 0 Å². The number of aliphatic hydroxyl groups excluding tert-OH is 11. The molecule has 3 aliphatic heterocycles. The monoisotopic (exact) mass is 1160 g/mol. The molecule has 19 nitrogen and oxygen atoms in total. The molecule has 19 heteroatoms. The summed E-state index contributed by atoms with van der Waals surface area (Å²) in [5, 5.41) is 120. The number of carbonyl (C=O) groups excluding carboxylic acids is 1. The van der Waals surface area contributed by atoms with E-state index in [0.717, 1.165) is 38.5 Å². The number of nitrogens with one attached hydrogen (secondary N) is 1. The van der Waals surface area contributed by atoms with Crippen LogP contribution in [0.5, 0.6) is 0 Å². The van der Waals surface area contributed by atoms with Crippen LogP contribution in [0.2, 0.25) is 0 Å². The molecule has 0 aromatic rings. The Bertz CT molecular complexity index is 1580. The predicted molar refractivity (Wildman–Crippen MR) is 310 cm³/mol. The van der Waals surface area contributed by atoms with Gasteiger partial charge >= 0.3 is 0 Å². The van der Waals surface area contributed by atoms with Crippen LogP contribution in [0.3, 0.4) is 0 Å². The summed E-state index contributed by atoms with van der Waals surface area (Å²) in [7, 11) is 0. The maximum absolute atomic E-state index is 13.4. The summed E-state index contributed by atoms with van der Waals surface area (Å²) < 4.78 is 34.3. The molecular formula is C62H115NO18. The van der Waals surface area contributed by atoms with Crippen LogP contribution in [-0.4, -0.2) is 193 Å². The molecule has 3 saturated heterocycles. The van der Waals surface area contributed by atoms with E-state index < -0.39 is 124 Å². The van der Waals surface area contributed by atoms with Gasteiger partial charge in [0.1, 0.15) is 73.2 Å². The highest BCUT2D eigenvalue weighted by atomic mass is 16.8. The van der Waals surface area contributed by atoms with Gasteiger partial charge in [-0.1, -0.05) is 218 Å². The molecule has 3 fully saturated rings. The molecule has 17 atom stereocenters. The molecule has 17 unspecified atom stereocenters. The summed E-state index contributed by atoms with van der Waals surface area (Å²) >= 11 is 0. The lowest BCUT2D eigenvalue weighted by molar-refractivity contribution is -0.379. The topological polar surface area (TPSA) is 307 Å². The lowest BCUT2D eigenvalue weighted by atomic mass is 9.96. The number of unbranched alkanes of at least 4 members (excludes halogenated alkanes) is 30. The minimum atomic E-state index is -1.98. The van der Waals surface area contributed by atoms with Gasteiger partial charge in [0, 0.05) is 6.42 Å². The highest BCUT2D eigenvalue weighted by molar-refractivity contribution is 5.76.